The minimum Gasteiger partial charge on any atom is -0.342 e. The van der Waals surface area contributed by atoms with Crippen molar-refractivity contribution >= 4 is 52.5 Å². The predicted molar refractivity (Wildman–Crippen MR) is 117 cm³/mol. The number of rotatable bonds is 3. The number of amides is 2. The first kappa shape index (κ1) is 20.7. The van der Waals surface area contributed by atoms with Crippen LogP contribution in [0.4, 0.5) is 17.5 Å². The van der Waals surface area contributed by atoms with Gasteiger partial charge in [-0.3, -0.25) is 19.4 Å². The van der Waals surface area contributed by atoms with Crippen molar-refractivity contribution in [2.24, 2.45) is 5.92 Å². The summed E-state index contributed by atoms with van der Waals surface area (Å²) in [5.74, 6) is -0.740. The highest BCUT2D eigenvalue weighted by Gasteiger charge is 2.35. The first-order valence-electron chi connectivity index (χ1n) is 9.77. The number of aromatic amines is 1. The molecular weight excluding hydrogens is 429 g/mol. The van der Waals surface area contributed by atoms with Gasteiger partial charge in [-0.05, 0) is 30.9 Å². The van der Waals surface area contributed by atoms with Crippen molar-refractivity contribution in [1.29, 1.82) is 0 Å². The first-order valence-corrected chi connectivity index (χ1v) is 10.5. The van der Waals surface area contributed by atoms with Crippen molar-refractivity contribution in [1.82, 2.24) is 9.97 Å². The summed E-state index contributed by atoms with van der Waals surface area (Å²) in [6.45, 7) is 3.73. The Kier molecular flexibility index (Phi) is 5.71. The number of anilines is 3. The largest absolute Gasteiger partial charge is 0.342 e. The van der Waals surface area contributed by atoms with Gasteiger partial charge in [-0.2, -0.15) is 4.98 Å². The van der Waals surface area contributed by atoms with Crippen LogP contribution in [-0.2, 0) is 9.59 Å². The highest BCUT2D eigenvalue weighted by atomic mass is 35.5. The van der Waals surface area contributed by atoms with E-state index in [1.807, 2.05) is 4.90 Å². The highest BCUT2D eigenvalue weighted by Crippen LogP contribution is 2.33. The Hall–Kier alpha value is -2.58. The summed E-state index contributed by atoms with van der Waals surface area (Å²) < 4.78 is 0. The van der Waals surface area contributed by atoms with Crippen LogP contribution in [0.5, 0.6) is 0 Å². The Morgan fingerprint density at radius 3 is 2.70 bits per heavy atom. The van der Waals surface area contributed by atoms with Crippen molar-refractivity contribution in [2.45, 2.75) is 32.1 Å². The van der Waals surface area contributed by atoms with Gasteiger partial charge in [-0.15, -0.1) is 0 Å². The van der Waals surface area contributed by atoms with E-state index in [0.29, 0.717) is 17.6 Å². The van der Waals surface area contributed by atoms with Crippen LogP contribution in [0.25, 0.3) is 0 Å². The third kappa shape index (κ3) is 4.02. The molecule has 2 aromatic rings. The van der Waals surface area contributed by atoms with Crippen LogP contribution in [-0.4, -0.2) is 34.9 Å². The van der Waals surface area contributed by atoms with Gasteiger partial charge >= 0.3 is 0 Å². The van der Waals surface area contributed by atoms with Crippen LogP contribution in [0.15, 0.2) is 23.0 Å². The molecule has 2 aliphatic heterocycles. The van der Waals surface area contributed by atoms with Crippen LogP contribution in [0.3, 0.4) is 0 Å². The quantitative estimate of drug-likeness (QED) is 0.665. The van der Waals surface area contributed by atoms with Crippen LogP contribution in [0.1, 0.15) is 37.7 Å². The van der Waals surface area contributed by atoms with Gasteiger partial charge in [0.25, 0.3) is 5.56 Å². The number of carbonyl (C=O) groups excluding carboxylic acids is 2. The number of hydrogen-bond donors (Lipinski definition) is 3. The summed E-state index contributed by atoms with van der Waals surface area (Å²) in [6.07, 6.45) is 1.83. The van der Waals surface area contributed by atoms with Gasteiger partial charge in [0, 0.05) is 19.5 Å². The average molecular weight is 450 g/mol. The molecule has 2 aliphatic rings. The molecule has 0 aliphatic carbocycles. The zero-order valence-electron chi connectivity index (χ0n) is 16.3. The molecule has 8 nitrogen and oxygen atoms in total. The topological polar surface area (TPSA) is 107 Å². The van der Waals surface area contributed by atoms with E-state index in [1.54, 1.807) is 18.2 Å². The monoisotopic (exact) mass is 449 g/mol. The molecular formula is C20H21Cl2N5O3. The lowest BCUT2D eigenvalue weighted by atomic mass is 9.92. The van der Waals surface area contributed by atoms with Crippen molar-refractivity contribution in [3.63, 3.8) is 0 Å². The Bertz CT molecular complexity index is 1060. The molecule has 30 heavy (non-hydrogen) atoms. The molecule has 0 bridgehead atoms. The lowest BCUT2D eigenvalue weighted by Crippen LogP contribution is -2.39. The molecule has 2 amide bonds. The number of piperidine rings is 1. The van der Waals surface area contributed by atoms with Crippen LogP contribution < -0.4 is 21.1 Å². The number of fused-ring (bicyclic) bond motifs is 1. The van der Waals surface area contributed by atoms with E-state index >= 15 is 0 Å². The molecule has 1 atom stereocenters. The maximum absolute atomic E-state index is 12.9. The zero-order chi connectivity index (χ0) is 21.4. The Morgan fingerprint density at radius 1 is 1.23 bits per heavy atom. The van der Waals surface area contributed by atoms with Gasteiger partial charge in [0.15, 0.2) is 0 Å². The molecule has 0 radical (unpaired) electrons. The highest BCUT2D eigenvalue weighted by molar-refractivity contribution is 6.44. The van der Waals surface area contributed by atoms with Crippen molar-refractivity contribution in [3.8, 4) is 0 Å². The summed E-state index contributed by atoms with van der Waals surface area (Å²) in [4.78, 5) is 47.3. The fourth-order valence-electron chi connectivity index (χ4n) is 3.77. The fourth-order valence-corrected chi connectivity index (χ4v) is 4.12. The van der Waals surface area contributed by atoms with Gasteiger partial charge in [0.05, 0.1) is 27.2 Å². The van der Waals surface area contributed by atoms with Crippen molar-refractivity contribution in [2.75, 3.05) is 28.6 Å². The fraction of sp³-hybridized carbons (Fsp3) is 0.400. The Morgan fingerprint density at radius 2 is 1.97 bits per heavy atom. The van der Waals surface area contributed by atoms with Gasteiger partial charge in [-0.25, -0.2) is 0 Å². The Labute approximate surface area is 183 Å². The SMILES string of the molecule is CC1CCN(c2nc3c(c(=O)[nH]2)[C@H](C(=O)Nc2cccc(Cl)c2Cl)CC(=O)N3)CC1. The zero-order valence-corrected chi connectivity index (χ0v) is 17.8. The Balaban J connectivity index is 1.64. The summed E-state index contributed by atoms with van der Waals surface area (Å²) in [7, 11) is 0. The van der Waals surface area contributed by atoms with E-state index in [1.165, 1.54) is 0 Å². The van der Waals surface area contributed by atoms with Crippen LogP contribution in [0.2, 0.25) is 10.0 Å². The van der Waals surface area contributed by atoms with Gasteiger partial charge < -0.3 is 15.5 Å². The number of carbonyl (C=O) groups is 2. The normalized spacial score (nSPS) is 19.2. The first-order chi connectivity index (χ1) is 14.3. The number of benzene rings is 1. The molecule has 10 heteroatoms. The van der Waals surface area contributed by atoms with Gasteiger partial charge in [0.2, 0.25) is 17.8 Å². The summed E-state index contributed by atoms with van der Waals surface area (Å²) in [6, 6.07) is 4.84. The second-order valence-corrected chi connectivity index (χ2v) is 8.50. The molecule has 1 fully saturated rings. The van der Waals surface area contributed by atoms with Gasteiger partial charge in [-0.1, -0.05) is 36.2 Å². The number of aromatic nitrogens is 2. The van der Waals surface area contributed by atoms with E-state index in [9.17, 15) is 14.4 Å². The van der Waals surface area contributed by atoms with Crippen molar-refractivity contribution < 1.29 is 9.59 Å². The molecule has 0 saturated carbocycles. The molecule has 1 aromatic carbocycles. The van der Waals surface area contributed by atoms with Crippen LogP contribution in [0, 0.1) is 5.92 Å². The molecule has 4 rings (SSSR count). The van der Waals surface area contributed by atoms with E-state index in [0.717, 1.165) is 25.9 Å². The second kappa shape index (κ2) is 8.28. The second-order valence-electron chi connectivity index (χ2n) is 7.72. The molecule has 3 heterocycles. The molecule has 1 saturated heterocycles. The predicted octanol–water partition coefficient (Wildman–Crippen LogP) is 3.38. The third-order valence-corrected chi connectivity index (χ3v) is 6.37. The number of halogens is 2. The number of hydrogen-bond acceptors (Lipinski definition) is 5. The molecule has 3 N–H and O–H groups in total. The maximum atomic E-state index is 12.9. The number of H-pyrrole nitrogens is 1. The minimum absolute atomic E-state index is 0.126. The van der Waals surface area contributed by atoms with Crippen LogP contribution >= 0.6 is 23.2 Å². The standard InChI is InChI=1S/C20H21Cl2N5O3/c1-10-5-7-27(8-6-10)20-25-17-15(19(30)26-20)11(9-14(28)24-17)18(29)23-13-4-2-3-12(21)16(13)22/h2-4,10-11H,5-9H2,1H3,(H,23,29)(H2,24,25,26,28,30)/t11-/m1/s1. The summed E-state index contributed by atoms with van der Waals surface area (Å²) in [5, 5.41) is 5.78. The molecule has 158 valence electrons. The number of nitrogens with zero attached hydrogens (tertiary/aromatic N) is 2. The lowest BCUT2D eigenvalue weighted by molar-refractivity contribution is -0.123. The molecule has 1 aromatic heterocycles. The van der Waals surface area contributed by atoms with E-state index in [2.05, 4.69) is 27.5 Å². The summed E-state index contributed by atoms with van der Waals surface area (Å²) >= 11 is 12.1. The summed E-state index contributed by atoms with van der Waals surface area (Å²) in [5.41, 5.74) is 0.00971. The van der Waals surface area contributed by atoms with E-state index < -0.39 is 17.4 Å². The van der Waals surface area contributed by atoms with E-state index in [-0.39, 0.29) is 33.8 Å². The minimum atomic E-state index is -0.990. The number of nitrogens with one attached hydrogen (secondary N) is 3. The maximum Gasteiger partial charge on any atom is 0.258 e. The van der Waals surface area contributed by atoms with E-state index in [4.69, 9.17) is 23.2 Å². The van der Waals surface area contributed by atoms with Crippen molar-refractivity contribution in [3.05, 3.63) is 44.2 Å². The average Bonchev–Trinajstić information content (AvgIpc) is 2.71. The lowest BCUT2D eigenvalue weighted by Gasteiger charge is -2.31. The molecule has 0 unspecified atom stereocenters. The van der Waals surface area contributed by atoms with Gasteiger partial charge in [0.1, 0.15) is 5.82 Å². The third-order valence-electron chi connectivity index (χ3n) is 5.55. The smallest absolute Gasteiger partial charge is 0.258 e. The molecule has 0 spiro atoms.